The predicted molar refractivity (Wildman–Crippen MR) is 78.8 cm³/mol. The first kappa shape index (κ1) is 12.3. The average Bonchev–Trinajstić information content (AvgIpc) is 3.00. The second kappa shape index (κ2) is 5.48. The average molecular weight is 265 g/mol. The van der Waals surface area contributed by atoms with Gasteiger partial charge in [-0.2, -0.15) is 5.10 Å². The SMILES string of the molecule is Nc1cccc(OCc2ccc(-n3cccn3)cc2)c1. The molecule has 0 atom stereocenters. The second-order valence-electron chi connectivity index (χ2n) is 4.48. The van der Waals surface area contributed by atoms with Crippen LogP contribution in [0.25, 0.3) is 5.69 Å². The summed E-state index contributed by atoms with van der Waals surface area (Å²) in [5, 5.41) is 4.19. The van der Waals surface area contributed by atoms with Crippen molar-refractivity contribution in [2.75, 3.05) is 5.73 Å². The van der Waals surface area contributed by atoms with Crippen molar-refractivity contribution in [1.29, 1.82) is 0 Å². The van der Waals surface area contributed by atoms with Crippen LogP contribution in [-0.4, -0.2) is 9.78 Å². The molecule has 1 heterocycles. The molecule has 4 nitrogen and oxygen atoms in total. The lowest BCUT2D eigenvalue weighted by atomic mass is 10.2. The minimum absolute atomic E-state index is 0.517. The Morgan fingerprint density at radius 3 is 2.60 bits per heavy atom. The largest absolute Gasteiger partial charge is 0.489 e. The van der Waals surface area contributed by atoms with E-state index in [1.165, 1.54) is 0 Å². The van der Waals surface area contributed by atoms with Crippen LogP contribution in [0.4, 0.5) is 5.69 Å². The first-order valence-electron chi connectivity index (χ1n) is 6.38. The lowest BCUT2D eigenvalue weighted by Crippen LogP contribution is -1.98. The maximum atomic E-state index is 5.71. The Kier molecular flexibility index (Phi) is 3.37. The van der Waals surface area contributed by atoms with Crippen LogP contribution in [-0.2, 0) is 6.61 Å². The molecule has 2 aromatic carbocycles. The Bertz CT molecular complexity index is 675. The van der Waals surface area contributed by atoms with Crippen molar-refractivity contribution in [3.05, 3.63) is 72.6 Å². The van der Waals surface area contributed by atoms with Crippen LogP contribution < -0.4 is 10.5 Å². The van der Waals surface area contributed by atoms with Crippen molar-refractivity contribution in [2.45, 2.75) is 6.61 Å². The maximum absolute atomic E-state index is 5.71. The van der Waals surface area contributed by atoms with Gasteiger partial charge in [-0.3, -0.25) is 0 Å². The monoisotopic (exact) mass is 265 g/mol. The number of benzene rings is 2. The zero-order valence-corrected chi connectivity index (χ0v) is 10.9. The number of nitrogen functional groups attached to an aromatic ring is 1. The molecule has 3 aromatic rings. The molecule has 1 aromatic heterocycles. The minimum atomic E-state index is 0.517. The van der Waals surface area contributed by atoms with Gasteiger partial charge in [-0.05, 0) is 35.9 Å². The topological polar surface area (TPSA) is 53.1 Å². The highest BCUT2D eigenvalue weighted by atomic mass is 16.5. The molecule has 100 valence electrons. The second-order valence-corrected chi connectivity index (χ2v) is 4.48. The first-order valence-corrected chi connectivity index (χ1v) is 6.38. The normalized spacial score (nSPS) is 10.4. The maximum Gasteiger partial charge on any atom is 0.121 e. The van der Waals surface area contributed by atoms with Crippen LogP contribution in [0, 0.1) is 0 Å². The fourth-order valence-electron chi connectivity index (χ4n) is 1.94. The van der Waals surface area contributed by atoms with Gasteiger partial charge < -0.3 is 10.5 Å². The van der Waals surface area contributed by atoms with Crippen molar-refractivity contribution in [3.63, 3.8) is 0 Å². The fourth-order valence-corrected chi connectivity index (χ4v) is 1.94. The number of nitrogens with two attached hydrogens (primary N) is 1. The van der Waals surface area contributed by atoms with Crippen LogP contribution in [0.15, 0.2) is 67.0 Å². The van der Waals surface area contributed by atoms with Gasteiger partial charge in [-0.15, -0.1) is 0 Å². The van der Waals surface area contributed by atoms with Gasteiger partial charge in [-0.25, -0.2) is 4.68 Å². The Balaban J connectivity index is 1.67. The molecule has 0 bridgehead atoms. The lowest BCUT2D eigenvalue weighted by molar-refractivity contribution is 0.306. The molecule has 2 N–H and O–H groups in total. The highest BCUT2D eigenvalue weighted by Crippen LogP contribution is 2.16. The Hall–Kier alpha value is -2.75. The molecule has 0 aliphatic rings. The summed E-state index contributed by atoms with van der Waals surface area (Å²) in [4.78, 5) is 0. The molecule has 0 amide bonds. The predicted octanol–water partition coefficient (Wildman–Crippen LogP) is 3.03. The summed E-state index contributed by atoms with van der Waals surface area (Å²) in [6.45, 7) is 0.517. The van der Waals surface area contributed by atoms with Gasteiger partial charge in [0.15, 0.2) is 0 Å². The van der Waals surface area contributed by atoms with Gasteiger partial charge in [0, 0.05) is 24.1 Å². The molecule has 0 fully saturated rings. The van der Waals surface area contributed by atoms with E-state index in [9.17, 15) is 0 Å². The fraction of sp³-hybridized carbons (Fsp3) is 0.0625. The van der Waals surface area contributed by atoms with Crippen molar-refractivity contribution in [3.8, 4) is 11.4 Å². The molecule has 0 aliphatic heterocycles. The van der Waals surface area contributed by atoms with Crippen molar-refractivity contribution >= 4 is 5.69 Å². The highest BCUT2D eigenvalue weighted by Gasteiger charge is 1.99. The van der Waals surface area contributed by atoms with Crippen LogP contribution in [0.5, 0.6) is 5.75 Å². The number of aromatic nitrogens is 2. The van der Waals surface area contributed by atoms with Crippen molar-refractivity contribution in [1.82, 2.24) is 9.78 Å². The summed E-state index contributed by atoms with van der Waals surface area (Å²) in [5.41, 5.74) is 8.55. The summed E-state index contributed by atoms with van der Waals surface area (Å²) >= 11 is 0. The lowest BCUT2D eigenvalue weighted by Gasteiger charge is -2.08. The Labute approximate surface area is 117 Å². The van der Waals surface area contributed by atoms with Gasteiger partial charge in [0.1, 0.15) is 12.4 Å². The molecule has 0 radical (unpaired) electrons. The van der Waals surface area contributed by atoms with E-state index in [0.29, 0.717) is 12.3 Å². The summed E-state index contributed by atoms with van der Waals surface area (Å²) in [7, 11) is 0. The van der Waals surface area contributed by atoms with E-state index in [1.807, 2.05) is 65.5 Å². The third-order valence-electron chi connectivity index (χ3n) is 2.97. The molecular weight excluding hydrogens is 250 g/mol. The van der Waals surface area contributed by atoms with E-state index in [-0.39, 0.29) is 0 Å². The smallest absolute Gasteiger partial charge is 0.121 e. The van der Waals surface area contributed by atoms with E-state index in [1.54, 1.807) is 6.20 Å². The first-order chi connectivity index (χ1) is 9.81. The third kappa shape index (κ3) is 2.80. The standard InChI is InChI=1S/C16H15N3O/c17-14-3-1-4-16(11-14)20-12-13-5-7-15(8-6-13)19-10-2-9-18-19/h1-11H,12,17H2. The van der Waals surface area contributed by atoms with Crippen LogP contribution in [0.3, 0.4) is 0 Å². The molecule has 0 saturated carbocycles. The number of nitrogens with zero attached hydrogens (tertiary/aromatic N) is 2. The zero-order valence-electron chi connectivity index (χ0n) is 10.9. The van der Waals surface area contributed by atoms with Gasteiger partial charge in [0.05, 0.1) is 5.69 Å². The Morgan fingerprint density at radius 2 is 1.90 bits per heavy atom. The summed E-state index contributed by atoms with van der Waals surface area (Å²) in [6, 6.07) is 17.4. The van der Waals surface area contributed by atoms with E-state index >= 15 is 0 Å². The molecule has 0 spiro atoms. The van der Waals surface area contributed by atoms with E-state index in [4.69, 9.17) is 10.5 Å². The number of ether oxygens (including phenoxy) is 1. The summed E-state index contributed by atoms with van der Waals surface area (Å²) in [5.74, 6) is 0.779. The minimum Gasteiger partial charge on any atom is -0.489 e. The molecule has 0 unspecified atom stereocenters. The quantitative estimate of drug-likeness (QED) is 0.738. The number of hydrogen-bond acceptors (Lipinski definition) is 3. The number of hydrogen-bond donors (Lipinski definition) is 1. The van der Waals surface area contributed by atoms with E-state index < -0.39 is 0 Å². The molecule has 0 aliphatic carbocycles. The highest BCUT2D eigenvalue weighted by molar-refractivity contribution is 5.43. The van der Waals surface area contributed by atoms with Crippen LogP contribution in [0.2, 0.25) is 0 Å². The molecule has 4 heteroatoms. The number of anilines is 1. The van der Waals surface area contributed by atoms with Crippen LogP contribution in [0.1, 0.15) is 5.56 Å². The zero-order chi connectivity index (χ0) is 13.8. The van der Waals surface area contributed by atoms with Crippen LogP contribution >= 0.6 is 0 Å². The summed E-state index contributed by atoms with van der Waals surface area (Å²) < 4.78 is 7.52. The summed E-state index contributed by atoms with van der Waals surface area (Å²) in [6.07, 6.45) is 3.68. The Morgan fingerprint density at radius 1 is 1.05 bits per heavy atom. The van der Waals surface area contributed by atoms with Crippen molar-refractivity contribution in [2.24, 2.45) is 0 Å². The van der Waals surface area contributed by atoms with Gasteiger partial charge in [0.2, 0.25) is 0 Å². The molecular formula is C16H15N3O. The van der Waals surface area contributed by atoms with E-state index in [2.05, 4.69) is 5.10 Å². The van der Waals surface area contributed by atoms with Crippen molar-refractivity contribution < 1.29 is 4.74 Å². The van der Waals surface area contributed by atoms with E-state index in [0.717, 1.165) is 17.0 Å². The molecule has 20 heavy (non-hydrogen) atoms. The third-order valence-corrected chi connectivity index (χ3v) is 2.97. The molecule has 0 saturated heterocycles. The van der Waals surface area contributed by atoms with Gasteiger partial charge >= 0.3 is 0 Å². The number of rotatable bonds is 4. The van der Waals surface area contributed by atoms with Gasteiger partial charge in [-0.1, -0.05) is 18.2 Å². The molecule has 3 rings (SSSR count). The van der Waals surface area contributed by atoms with Gasteiger partial charge in [0.25, 0.3) is 0 Å².